The molecule has 7 nitrogen and oxygen atoms in total. The molecule has 1 N–H and O–H groups in total. The number of hydrogen-bond acceptors (Lipinski definition) is 5. The van der Waals surface area contributed by atoms with E-state index >= 15 is 0 Å². The van der Waals surface area contributed by atoms with Crippen molar-refractivity contribution in [1.82, 2.24) is 20.4 Å². The molecule has 1 aromatic carbocycles. The smallest absolute Gasteiger partial charge is 0.259 e. The maximum atomic E-state index is 13.4. The average Bonchev–Trinajstić information content (AvgIpc) is 3.42. The van der Waals surface area contributed by atoms with Crippen LogP contribution in [0.15, 0.2) is 53.3 Å². The van der Waals surface area contributed by atoms with Gasteiger partial charge in [0.1, 0.15) is 11.3 Å². The predicted octanol–water partition coefficient (Wildman–Crippen LogP) is 3.18. The monoisotopic (exact) mass is 442 g/mol. The second-order valence-corrected chi connectivity index (χ2v) is 8.42. The minimum Gasteiger partial charge on any atom is -0.361 e. The van der Waals surface area contributed by atoms with Gasteiger partial charge < -0.3 is 14.7 Å². The molecule has 0 spiro atoms. The normalized spacial score (nSPS) is 17.5. The van der Waals surface area contributed by atoms with E-state index in [0.717, 1.165) is 16.7 Å². The van der Waals surface area contributed by atoms with Crippen molar-refractivity contribution in [2.75, 3.05) is 19.6 Å². The minimum atomic E-state index is -0.802. The standard InChI is InChI=1S/C26H26N4O3/c1-4-12-28-25(32)26(11-14-30(17-26)24(31)23-18(2)29-33-19(23)3)15-20-8-5-6-10-22(20)21-9-7-13-27-16-21/h1,5-10,13,16H,11-12,14-15,17H2,2-3H3,(H,28,32)/t26-/m1/s1. The van der Waals surface area contributed by atoms with E-state index in [-0.39, 0.29) is 24.9 Å². The van der Waals surface area contributed by atoms with Gasteiger partial charge in [0.2, 0.25) is 5.91 Å². The Morgan fingerprint density at radius 1 is 1.24 bits per heavy atom. The summed E-state index contributed by atoms with van der Waals surface area (Å²) in [5.74, 6) is 2.64. The molecule has 3 heterocycles. The molecular formula is C26H26N4O3. The summed E-state index contributed by atoms with van der Waals surface area (Å²) in [6.45, 7) is 4.36. The second-order valence-electron chi connectivity index (χ2n) is 8.42. The Morgan fingerprint density at radius 3 is 2.76 bits per heavy atom. The molecule has 0 bridgehead atoms. The maximum Gasteiger partial charge on any atom is 0.259 e. The van der Waals surface area contributed by atoms with Crippen LogP contribution in [0.25, 0.3) is 11.1 Å². The molecule has 33 heavy (non-hydrogen) atoms. The number of nitrogens with one attached hydrogen (secondary N) is 1. The van der Waals surface area contributed by atoms with Gasteiger partial charge in [0.15, 0.2) is 0 Å². The number of hydrogen-bond donors (Lipinski definition) is 1. The van der Waals surface area contributed by atoms with Crippen LogP contribution < -0.4 is 5.32 Å². The first-order chi connectivity index (χ1) is 15.9. The van der Waals surface area contributed by atoms with E-state index in [4.69, 9.17) is 10.9 Å². The van der Waals surface area contributed by atoms with Crippen LogP contribution in [0.3, 0.4) is 0 Å². The Morgan fingerprint density at radius 2 is 2.06 bits per heavy atom. The largest absolute Gasteiger partial charge is 0.361 e. The van der Waals surface area contributed by atoms with Gasteiger partial charge in [-0.15, -0.1) is 6.42 Å². The SMILES string of the molecule is C#CCNC(=O)[C@@]1(Cc2ccccc2-c2cccnc2)CCN(C(=O)c2c(C)noc2C)C1. The van der Waals surface area contributed by atoms with Gasteiger partial charge in [0.05, 0.1) is 17.7 Å². The molecule has 0 radical (unpaired) electrons. The van der Waals surface area contributed by atoms with Crippen LogP contribution >= 0.6 is 0 Å². The highest BCUT2D eigenvalue weighted by molar-refractivity contribution is 5.97. The van der Waals surface area contributed by atoms with Crippen LogP contribution in [0, 0.1) is 31.6 Å². The molecule has 1 atom stereocenters. The number of likely N-dealkylation sites (tertiary alicyclic amines) is 1. The molecule has 0 saturated carbocycles. The Hall–Kier alpha value is -3.92. The van der Waals surface area contributed by atoms with Crippen molar-refractivity contribution >= 4 is 11.8 Å². The van der Waals surface area contributed by atoms with Gasteiger partial charge in [0.25, 0.3) is 5.91 Å². The number of carbonyl (C=O) groups excluding carboxylic acids is 2. The van der Waals surface area contributed by atoms with Crippen molar-refractivity contribution in [2.45, 2.75) is 26.7 Å². The summed E-state index contributed by atoms with van der Waals surface area (Å²) in [5, 5.41) is 6.76. The van der Waals surface area contributed by atoms with Crippen LogP contribution in [-0.4, -0.2) is 46.5 Å². The fraction of sp³-hybridized carbons (Fsp3) is 0.308. The number of aryl methyl sites for hydroxylation is 2. The number of aromatic nitrogens is 2. The number of nitrogens with zero attached hydrogens (tertiary/aromatic N) is 3. The van der Waals surface area contributed by atoms with E-state index in [1.54, 1.807) is 24.9 Å². The molecular weight excluding hydrogens is 416 g/mol. The lowest BCUT2D eigenvalue weighted by Crippen LogP contribution is -2.45. The summed E-state index contributed by atoms with van der Waals surface area (Å²) in [6.07, 6.45) is 9.93. The van der Waals surface area contributed by atoms with Gasteiger partial charge in [-0.05, 0) is 43.9 Å². The second kappa shape index (κ2) is 9.29. The van der Waals surface area contributed by atoms with Crippen LogP contribution in [0.1, 0.15) is 33.8 Å². The molecule has 7 heteroatoms. The Kier molecular flexibility index (Phi) is 6.27. The van der Waals surface area contributed by atoms with Gasteiger partial charge in [-0.25, -0.2) is 0 Å². The van der Waals surface area contributed by atoms with E-state index in [1.165, 1.54) is 0 Å². The highest BCUT2D eigenvalue weighted by Crippen LogP contribution is 2.38. The Bertz CT molecular complexity index is 1190. The zero-order chi connectivity index (χ0) is 23.4. The van der Waals surface area contributed by atoms with Crippen molar-refractivity contribution in [3.8, 4) is 23.5 Å². The van der Waals surface area contributed by atoms with Crippen LogP contribution in [-0.2, 0) is 11.2 Å². The van der Waals surface area contributed by atoms with Crippen molar-refractivity contribution in [3.63, 3.8) is 0 Å². The zero-order valence-electron chi connectivity index (χ0n) is 18.8. The lowest BCUT2D eigenvalue weighted by Gasteiger charge is -2.29. The molecule has 1 aliphatic rings. The van der Waals surface area contributed by atoms with E-state index in [1.807, 2.05) is 42.6 Å². The summed E-state index contributed by atoms with van der Waals surface area (Å²) in [4.78, 5) is 32.6. The fourth-order valence-corrected chi connectivity index (χ4v) is 4.56. The van der Waals surface area contributed by atoms with Crippen molar-refractivity contribution < 1.29 is 14.1 Å². The van der Waals surface area contributed by atoms with Gasteiger partial charge >= 0.3 is 0 Å². The molecule has 2 aromatic heterocycles. The molecule has 1 saturated heterocycles. The molecule has 1 fully saturated rings. The number of carbonyl (C=O) groups is 2. The third kappa shape index (κ3) is 4.37. The molecule has 0 aliphatic carbocycles. The number of benzene rings is 1. The molecule has 2 amide bonds. The molecule has 168 valence electrons. The molecule has 3 aromatic rings. The minimum absolute atomic E-state index is 0.142. The highest BCUT2D eigenvalue weighted by Gasteiger charge is 2.46. The summed E-state index contributed by atoms with van der Waals surface area (Å²) in [5.41, 5.74) is 3.23. The number of pyridine rings is 1. The van der Waals surface area contributed by atoms with Crippen molar-refractivity contribution in [1.29, 1.82) is 0 Å². The van der Waals surface area contributed by atoms with Gasteiger partial charge in [0, 0.05) is 31.0 Å². The third-order valence-corrected chi connectivity index (χ3v) is 6.24. The van der Waals surface area contributed by atoms with Crippen LogP contribution in [0.4, 0.5) is 0 Å². The first-order valence-corrected chi connectivity index (χ1v) is 10.9. The van der Waals surface area contributed by atoms with E-state index < -0.39 is 5.41 Å². The van der Waals surface area contributed by atoms with Crippen LogP contribution in [0.5, 0.6) is 0 Å². The van der Waals surface area contributed by atoms with Gasteiger partial charge in [-0.3, -0.25) is 14.6 Å². The zero-order valence-corrected chi connectivity index (χ0v) is 18.8. The number of terminal acetylenes is 1. The van der Waals surface area contributed by atoms with Crippen LogP contribution in [0.2, 0.25) is 0 Å². The van der Waals surface area contributed by atoms with E-state index in [0.29, 0.717) is 36.4 Å². The Balaban J connectivity index is 1.67. The molecule has 1 aliphatic heterocycles. The summed E-state index contributed by atoms with van der Waals surface area (Å²) < 4.78 is 5.18. The van der Waals surface area contributed by atoms with E-state index in [9.17, 15) is 9.59 Å². The maximum absolute atomic E-state index is 13.4. The van der Waals surface area contributed by atoms with Gasteiger partial charge in [-0.2, -0.15) is 0 Å². The highest BCUT2D eigenvalue weighted by atomic mass is 16.5. The lowest BCUT2D eigenvalue weighted by atomic mass is 9.78. The molecule has 0 unspecified atom stereocenters. The predicted molar refractivity (Wildman–Crippen MR) is 124 cm³/mol. The number of rotatable bonds is 6. The number of amides is 2. The molecule has 4 rings (SSSR count). The quantitative estimate of drug-likeness (QED) is 0.593. The Labute approximate surface area is 193 Å². The van der Waals surface area contributed by atoms with Crippen molar-refractivity contribution in [2.24, 2.45) is 5.41 Å². The fourth-order valence-electron chi connectivity index (χ4n) is 4.56. The summed E-state index contributed by atoms with van der Waals surface area (Å²) in [7, 11) is 0. The average molecular weight is 443 g/mol. The third-order valence-electron chi connectivity index (χ3n) is 6.24. The summed E-state index contributed by atoms with van der Waals surface area (Å²) in [6, 6.07) is 11.9. The first kappa shape index (κ1) is 22.3. The topological polar surface area (TPSA) is 88.3 Å². The lowest BCUT2D eigenvalue weighted by molar-refractivity contribution is -0.130. The first-order valence-electron chi connectivity index (χ1n) is 10.9. The van der Waals surface area contributed by atoms with Gasteiger partial charge in [-0.1, -0.05) is 41.4 Å². The van der Waals surface area contributed by atoms with E-state index in [2.05, 4.69) is 21.4 Å². The van der Waals surface area contributed by atoms with Crippen molar-refractivity contribution in [3.05, 3.63) is 71.4 Å². The summed E-state index contributed by atoms with van der Waals surface area (Å²) >= 11 is 0.